The van der Waals surface area contributed by atoms with Crippen LogP contribution in [-0.2, 0) is 6.42 Å². The van der Waals surface area contributed by atoms with Gasteiger partial charge in [-0.05, 0) is 42.3 Å². The zero-order chi connectivity index (χ0) is 13.7. The first-order chi connectivity index (χ1) is 9.13. The summed E-state index contributed by atoms with van der Waals surface area (Å²) >= 11 is 8.72. The fraction of sp³-hybridized carbons (Fsp3) is 0.200. The number of hydrogen-bond acceptors (Lipinski definition) is 2. The first kappa shape index (κ1) is 15.1. The third kappa shape index (κ3) is 5.30. The summed E-state index contributed by atoms with van der Waals surface area (Å²) in [6.45, 7) is 0. The van der Waals surface area contributed by atoms with Gasteiger partial charge in [0.1, 0.15) is 0 Å². The maximum Gasteiger partial charge on any atom is 0.0186 e. The van der Waals surface area contributed by atoms with E-state index in [1.165, 1.54) is 10.5 Å². The van der Waals surface area contributed by atoms with E-state index >= 15 is 0 Å². The number of hydrogen-bond donors (Lipinski definition) is 1. The average Bonchev–Trinajstić information content (AvgIpc) is 2.39. The first-order valence-corrected chi connectivity index (χ1v) is 8.59. The van der Waals surface area contributed by atoms with Gasteiger partial charge in [0.15, 0.2) is 0 Å². The molecule has 2 aromatic carbocycles. The minimum absolute atomic E-state index is 0.171. The second-order valence-corrected chi connectivity index (χ2v) is 7.28. The van der Waals surface area contributed by atoms with Crippen molar-refractivity contribution in [1.82, 2.24) is 0 Å². The molecule has 0 aliphatic carbocycles. The van der Waals surface area contributed by atoms with Crippen molar-refractivity contribution in [3.8, 4) is 0 Å². The second kappa shape index (κ2) is 7.48. The Morgan fingerprint density at radius 1 is 1.00 bits per heavy atom. The monoisotopic (exact) mass is 399 g/mol. The third-order valence-electron chi connectivity index (χ3n) is 2.67. The first-order valence-electron chi connectivity index (χ1n) is 6.02. The van der Waals surface area contributed by atoms with Gasteiger partial charge in [-0.2, -0.15) is 0 Å². The molecule has 100 valence electrons. The lowest BCUT2D eigenvalue weighted by atomic mass is 10.1. The van der Waals surface area contributed by atoms with Crippen molar-refractivity contribution in [3.05, 3.63) is 63.0 Å². The molecule has 0 radical (unpaired) electrons. The van der Waals surface area contributed by atoms with Crippen LogP contribution in [0.3, 0.4) is 0 Å². The summed E-state index contributed by atoms with van der Waals surface area (Å²) in [4.78, 5) is 1.25. The molecule has 1 atom stereocenters. The van der Waals surface area contributed by atoms with Gasteiger partial charge >= 0.3 is 0 Å². The SMILES string of the molecule is NC(CSc1cccc(Br)c1)Cc1ccc(Br)cc1. The lowest BCUT2D eigenvalue weighted by molar-refractivity contribution is 0.748. The molecule has 0 aromatic heterocycles. The van der Waals surface area contributed by atoms with Crippen molar-refractivity contribution >= 4 is 43.6 Å². The Labute approximate surface area is 135 Å². The van der Waals surface area contributed by atoms with Crippen LogP contribution in [0.2, 0.25) is 0 Å². The molecule has 2 rings (SSSR count). The van der Waals surface area contributed by atoms with E-state index in [9.17, 15) is 0 Å². The zero-order valence-electron chi connectivity index (χ0n) is 10.4. The second-order valence-electron chi connectivity index (χ2n) is 4.36. The molecule has 0 bridgehead atoms. The molecule has 2 N–H and O–H groups in total. The van der Waals surface area contributed by atoms with Crippen LogP contribution in [0.1, 0.15) is 5.56 Å². The normalized spacial score (nSPS) is 12.4. The Kier molecular flexibility index (Phi) is 5.95. The van der Waals surface area contributed by atoms with E-state index in [2.05, 4.69) is 68.3 Å². The predicted molar refractivity (Wildman–Crippen MR) is 90.7 cm³/mol. The number of rotatable bonds is 5. The van der Waals surface area contributed by atoms with Crippen LogP contribution in [0.4, 0.5) is 0 Å². The summed E-state index contributed by atoms with van der Waals surface area (Å²) in [6.07, 6.45) is 0.911. The Morgan fingerprint density at radius 3 is 2.42 bits per heavy atom. The number of halogens is 2. The smallest absolute Gasteiger partial charge is 0.0186 e. The maximum atomic E-state index is 6.19. The average molecular weight is 401 g/mol. The standard InChI is InChI=1S/C15H15Br2NS/c16-12-6-4-11(5-7-12)8-14(18)10-19-15-3-1-2-13(17)9-15/h1-7,9,14H,8,10,18H2. The van der Waals surface area contributed by atoms with Gasteiger partial charge in [0, 0.05) is 25.6 Å². The summed E-state index contributed by atoms with van der Waals surface area (Å²) in [5.74, 6) is 0.923. The van der Waals surface area contributed by atoms with Gasteiger partial charge in [-0.3, -0.25) is 0 Å². The molecule has 0 aliphatic rings. The van der Waals surface area contributed by atoms with Gasteiger partial charge in [-0.25, -0.2) is 0 Å². The Bertz CT molecular complexity index is 528. The molecule has 2 aromatic rings. The highest BCUT2D eigenvalue weighted by atomic mass is 79.9. The molecule has 0 spiro atoms. The fourth-order valence-corrected chi connectivity index (χ4v) is 3.47. The van der Waals surface area contributed by atoms with Gasteiger partial charge in [0.05, 0.1) is 0 Å². The molecule has 0 aliphatic heterocycles. The van der Waals surface area contributed by atoms with Gasteiger partial charge < -0.3 is 5.73 Å². The fourth-order valence-electron chi connectivity index (χ4n) is 1.74. The van der Waals surface area contributed by atoms with Crippen LogP contribution in [-0.4, -0.2) is 11.8 Å². The molecular formula is C15H15Br2NS. The minimum Gasteiger partial charge on any atom is -0.327 e. The van der Waals surface area contributed by atoms with E-state index in [1.54, 1.807) is 11.8 Å². The lowest BCUT2D eigenvalue weighted by Crippen LogP contribution is -2.25. The Hall–Kier alpha value is -0.290. The van der Waals surface area contributed by atoms with E-state index in [-0.39, 0.29) is 6.04 Å². The third-order valence-corrected chi connectivity index (χ3v) is 4.88. The van der Waals surface area contributed by atoms with Crippen molar-refractivity contribution < 1.29 is 0 Å². The zero-order valence-corrected chi connectivity index (χ0v) is 14.3. The van der Waals surface area contributed by atoms with Crippen molar-refractivity contribution in [2.75, 3.05) is 5.75 Å². The topological polar surface area (TPSA) is 26.0 Å². The molecular weight excluding hydrogens is 386 g/mol. The van der Waals surface area contributed by atoms with Crippen molar-refractivity contribution in [2.24, 2.45) is 5.73 Å². The van der Waals surface area contributed by atoms with Crippen LogP contribution in [0.5, 0.6) is 0 Å². The molecule has 19 heavy (non-hydrogen) atoms. The number of benzene rings is 2. The van der Waals surface area contributed by atoms with Crippen LogP contribution >= 0.6 is 43.6 Å². The maximum absolute atomic E-state index is 6.19. The van der Waals surface area contributed by atoms with E-state index in [0.29, 0.717) is 0 Å². The van der Waals surface area contributed by atoms with Crippen molar-refractivity contribution in [1.29, 1.82) is 0 Å². The summed E-state index contributed by atoms with van der Waals surface area (Å²) in [5.41, 5.74) is 7.47. The number of thioether (sulfide) groups is 1. The Balaban J connectivity index is 1.84. The lowest BCUT2D eigenvalue weighted by Gasteiger charge is -2.11. The van der Waals surface area contributed by atoms with Crippen molar-refractivity contribution in [2.45, 2.75) is 17.4 Å². The van der Waals surface area contributed by atoms with E-state index in [4.69, 9.17) is 5.73 Å². The molecule has 0 heterocycles. The molecule has 1 nitrogen and oxygen atoms in total. The highest BCUT2D eigenvalue weighted by Gasteiger charge is 2.05. The molecule has 1 unspecified atom stereocenters. The summed E-state index contributed by atoms with van der Waals surface area (Å²) in [7, 11) is 0. The van der Waals surface area contributed by atoms with Gasteiger partial charge in [0.2, 0.25) is 0 Å². The van der Waals surface area contributed by atoms with Gasteiger partial charge in [-0.1, -0.05) is 50.1 Å². The number of nitrogens with two attached hydrogens (primary N) is 1. The largest absolute Gasteiger partial charge is 0.327 e. The summed E-state index contributed by atoms with van der Waals surface area (Å²) in [6, 6.07) is 16.8. The van der Waals surface area contributed by atoms with E-state index in [0.717, 1.165) is 21.1 Å². The van der Waals surface area contributed by atoms with Gasteiger partial charge in [0.25, 0.3) is 0 Å². The highest BCUT2D eigenvalue weighted by Crippen LogP contribution is 2.23. The van der Waals surface area contributed by atoms with E-state index < -0.39 is 0 Å². The molecule has 0 amide bonds. The summed E-state index contributed by atoms with van der Waals surface area (Å²) in [5, 5.41) is 0. The summed E-state index contributed by atoms with van der Waals surface area (Å²) < 4.78 is 2.22. The van der Waals surface area contributed by atoms with Crippen LogP contribution in [0.25, 0.3) is 0 Å². The van der Waals surface area contributed by atoms with Gasteiger partial charge in [-0.15, -0.1) is 11.8 Å². The quantitative estimate of drug-likeness (QED) is 0.724. The van der Waals surface area contributed by atoms with Crippen LogP contribution in [0, 0.1) is 0 Å². The highest BCUT2D eigenvalue weighted by molar-refractivity contribution is 9.10. The van der Waals surface area contributed by atoms with E-state index in [1.807, 2.05) is 12.1 Å². The molecule has 4 heteroatoms. The predicted octanol–water partition coefficient (Wildman–Crippen LogP) is 4.87. The molecule has 0 fully saturated rings. The molecule has 0 saturated carbocycles. The van der Waals surface area contributed by atoms with Crippen molar-refractivity contribution in [3.63, 3.8) is 0 Å². The molecule has 0 saturated heterocycles. The van der Waals surface area contributed by atoms with Crippen LogP contribution in [0.15, 0.2) is 62.4 Å². The Morgan fingerprint density at radius 2 is 1.74 bits per heavy atom. The minimum atomic E-state index is 0.171. The van der Waals surface area contributed by atoms with Crippen LogP contribution < -0.4 is 5.73 Å².